The van der Waals surface area contributed by atoms with E-state index in [2.05, 4.69) is 35.1 Å². The molecule has 0 fully saturated rings. The van der Waals surface area contributed by atoms with E-state index in [1.807, 2.05) is 48.5 Å². The smallest absolute Gasteiger partial charge is 0.341 e. The molecule has 0 atom stereocenters. The fourth-order valence-electron chi connectivity index (χ4n) is 2.89. The van der Waals surface area contributed by atoms with Crippen LogP contribution in [0.2, 0.25) is 0 Å². The molecule has 0 unspecified atom stereocenters. The molecule has 3 aromatic rings. The van der Waals surface area contributed by atoms with Gasteiger partial charge in [0, 0.05) is 4.88 Å². The molecular weight excluding hydrogens is 478 g/mol. The number of benzene rings is 2. The Kier molecular flexibility index (Phi) is 7.87. The van der Waals surface area contributed by atoms with E-state index < -0.39 is 5.97 Å². The lowest BCUT2D eigenvalue weighted by atomic mass is 10.0. The zero-order valence-electron chi connectivity index (χ0n) is 17.6. The Morgan fingerprint density at radius 3 is 2.48 bits per heavy atom. The van der Waals surface area contributed by atoms with Crippen molar-refractivity contribution in [1.82, 2.24) is 0 Å². The van der Waals surface area contributed by atoms with E-state index in [1.54, 1.807) is 13.0 Å². The summed E-state index contributed by atoms with van der Waals surface area (Å²) in [5.41, 5.74) is 2.47. The van der Waals surface area contributed by atoms with E-state index in [4.69, 9.17) is 9.47 Å². The molecule has 0 saturated heterocycles. The zero-order valence-corrected chi connectivity index (χ0v) is 20.0. The van der Waals surface area contributed by atoms with Gasteiger partial charge in [-0.1, -0.05) is 50.2 Å². The third kappa shape index (κ3) is 5.95. The molecule has 3 rings (SSSR count). The summed E-state index contributed by atoms with van der Waals surface area (Å²) in [5.74, 6) is 0.157. The Labute approximate surface area is 194 Å². The van der Waals surface area contributed by atoms with Crippen LogP contribution in [0.1, 0.15) is 42.6 Å². The Morgan fingerprint density at radius 1 is 1.10 bits per heavy atom. The first-order valence-electron chi connectivity index (χ1n) is 9.97. The van der Waals surface area contributed by atoms with Gasteiger partial charge in [0.2, 0.25) is 0 Å². The van der Waals surface area contributed by atoms with Crippen LogP contribution in [0.4, 0.5) is 5.00 Å². The maximum Gasteiger partial charge on any atom is 0.341 e. The van der Waals surface area contributed by atoms with Gasteiger partial charge in [-0.3, -0.25) is 4.79 Å². The highest BCUT2D eigenvalue weighted by Gasteiger charge is 2.20. The maximum atomic E-state index is 12.6. The van der Waals surface area contributed by atoms with Crippen molar-refractivity contribution in [3.05, 3.63) is 70.2 Å². The van der Waals surface area contributed by atoms with Crippen molar-refractivity contribution < 1.29 is 19.1 Å². The van der Waals surface area contributed by atoms with Gasteiger partial charge in [-0.25, -0.2) is 4.79 Å². The number of anilines is 1. The fraction of sp³-hybridized carbons (Fsp3) is 0.250. The number of hydrogen-bond acceptors (Lipinski definition) is 5. The van der Waals surface area contributed by atoms with Crippen molar-refractivity contribution in [3.8, 4) is 16.2 Å². The Morgan fingerprint density at radius 2 is 1.84 bits per heavy atom. The number of rotatable bonds is 8. The monoisotopic (exact) mass is 501 g/mol. The molecule has 0 radical (unpaired) electrons. The molecule has 0 aliphatic heterocycles. The van der Waals surface area contributed by atoms with Gasteiger partial charge in [-0.15, -0.1) is 11.3 Å². The van der Waals surface area contributed by atoms with Crippen molar-refractivity contribution in [3.63, 3.8) is 0 Å². The standard InChI is InChI=1S/C24H24BrNO4S/c1-4-29-24(28)18-13-21(16-8-6-5-7-9-16)31-23(18)26-22(27)14-30-20-11-10-17(15(2)3)12-19(20)25/h5-13,15H,4,14H2,1-3H3,(H,26,27). The first kappa shape index (κ1) is 23.0. The van der Waals surface area contributed by atoms with Crippen molar-refractivity contribution in [2.45, 2.75) is 26.7 Å². The van der Waals surface area contributed by atoms with Crippen LogP contribution >= 0.6 is 27.3 Å². The molecule has 1 heterocycles. The predicted molar refractivity (Wildman–Crippen MR) is 128 cm³/mol. The van der Waals surface area contributed by atoms with Crippen LogP contribution in [0.5, 0.6) is 5.75 Å². The molecule has 0 aliphatic carbocycles. The minimum absolute atomic E-state index is 0.180. The second kappa shape index (κ2) is 10.6. The zero-order chi connectivity index (χ0) is 22.4. The van der Waals surface area contributed by atoms with Gasteiger partial charge in [0.25, 0.3) is 5.91 Å². The number of nitrogens with one attached hydrogen (secondary N) is 1. The Bertz CT molecular complexity index is 1060. The van der Waals surface area contributed by atoms with Gasteiger partial charge in [0.1, 0.15) is 10.8 Å². The summed E-state index contributed by atoms with van der Waals surface area (Å²) in [4.78, 5) is 25.8. The van der Waals surface area contributed by atoms with Gasteiger partial charge >= 0.3 is 5.97 Å². The molecule has 0 spiro atoms. The summed E-state index contributed by atoms with van der Waals surface area (Å²) in [6.07, 6.45) is 0. The summed E-state index contributed by atoms with van der Waals surface area (Å²) in [6, 6.07) is 17.2. The lowest BCUT2D eigenvalue weighted by Crippen LogP contribution is -2.21. The highest BCUT2D eigenvalue weighted by atomic mass is 79.9. The molecule has 1 aromatic heterocycles. The number of carbonyl (C=O) groups is 2. The lowest BCUT2D eigenvalue weighted by molar-refractivity contribution is -0.118. The normalized spacial score (nSPS) is 10.7. The number of amides is 1. The molecule has 7 heteroatoms. The van der Waals surface area contributed by atoms with Crippen LogP contribution < -0.4 is 10.1 Å². The SMILES string of the molecule is CCOC(=O)c1cc(-c2ccccc2)sc1NC(=O)COc1ccc(C(C)C)cc1Br. The fourth-order valence-corrected chi connectivity index (χ4v) is 4.47. The topological polar surface area (TPSA) is 64.6 Å². The van der Waals surface area contributed by atoms with Crippen molar-refractivity contribution >= 4 is 44.1 Å². The van der Waals surface area contributed by atoms with Crippen LogP contribution in [0.15, 0.2) is 59.1 Å². The van der Waals surface area contributed by atoms with Crippen LogP contribution in [0, 0.1) is 0 Å². The van der Waals surface area contributed by atoms with E-state index in [9.17, 15) is 9.59 Å². The third-order valence-electron chi connectivity index (χ3n) is 4.52. The lowest BCUT2D eigenvalue weighted by Gasteiger charge is -2.11. The molecule has 1 amide bonds. The number of ether oxygens (including phenoxy) is 2. The van der Waals surface area contributed by atoms with Gasteiger partial charge in [-0.05, 0) is 58.1 Å². The van der Waals surface area contributed by atoms with E-state index in [-0.39, 0.29) is 19.1 Å². The first-order valence-corrected chi connectivity index (χ1v) is 11.6. The Balaban J connectivity index is 1.74. The average molecular weight is 502 g/mol. The van der Waals surface area contributed by atoms with Crippen molar-refractivity contribution in [2.24, 2.45) is 0 Å². The molecule has 1 N–H and O–H groups in total. The molecule has 0 saturated carbocycles. The quantitative estimate of drug-likeness (QED) is 0.358. The van der Waals surface area contributed by atoms with Crippen molar-refractivity contribution in [1.29, 1.82) is 0 Å². The summed E-state index contributed by atoms with van der Waals surface area (Å²) < 4.78 is 11.6. The predicted octanol–water partition coefficient (Wildman–Crippen LogP) is 6.50. The van der Waals surface area contributed by atoms with E-state index in [0.717, 1.165) is 14.9 Å². The summed E-state index contributed by atoms with van der Waals surface area (Å²) in [5, 5.41) is 3.24. The molecule has 31 heavy (non-hydrogen) atoms. The summed E-state index contributed by atoms with van der Waals surface area (Å²) >= 11 is 4.82. The van der Waals surface area contributed by atoms with Gasteiger partial charge in [-0.2, -0.15) is 0 Å². The van der Waals surface area contributed by atoms with Crippen LogP contribution in [-0.4, -0.2) is 25.1 Å². The molecule has 162 valence electrons. The highest BCUT2D eigenvalue weighted by molar-refractivity contribution is 9.10. The molecule has 0 aliphatic rings. The van der Waals surface area contributed by atoms with Crippen LogP contribution in [0.3, 0.4) is 0 Å². The van der Waals surface area contributed by atoms with Gasteiger partial charge in [0.15, 0.2) is 6.61 Å². The highest BCUT2D eigenvalue weighted by Crippen LogP contribution is 2.36. The van der Waals surface area contributed by atoms with Crippen LogP contribution in [-0.2, 0) is 9.53 Å². The summed E-state index contributed by atoms with van der Waals surface area (Å²) in [6.45, 7) is 6.05. The minimum atomic E-state index is -0.468. The molecular formula is C24H24BrNO4S. The second-order valence-electron chi connectivity index (χ2n) is 7.12. The van der Waals surface area contributed by atoms with Gasteiger partial charge in [0.05, 0.1) is 16.6 Å². The van der Waals surface area contributed by atoms with E-state index in [1.165, 1.54) is 16.9 Å². The number of thiophene rings is 1. The number of hydrogen-bond donors (Lipinski definition) is 1. The number of esters is 1. The number of halogens is 1. The molecule has 5 nitrogen and oxygen atoms in total. The maximum absolute atomic E-state index is 12.6. The van der Waals surface area contributed by atoms with Crippen molar-refractivity contribution in [2.75, 3.05) is 18.5 Å². The Hall–Kier alpha value is -2.64. The van der Waals surface area contributed by atoms with E-state index in [0.29, 0.717) is 22.2 Å². The van der Waals surface area contributed by atoms with Gasteiger partial charge < -0.3 is 14.8 Å². The third-order valence-corrected chi connectivity index (χ3v) is 6.24. The summed E-state index contributed by atoms with van der Waals surface area (Å²) in [7, 11) is 0. The van der Waals surface area contributed by atoms with E-state index >= 15 is 0 Å². The first-order chi connectivity index (χ1) is 14.9. The second-order valence-corrected chi connectivity index (χ2v) is 9.03. The molecule has 2 aromatic carbocycles. The molecule has 0 bridgehead atoms. The number of carbonyl (C=O) groups excluding carboxylic acids is 2. The largest absolute Gasteiger partial charge is 0.483 e. The average Bonchev–Trinajstić information content (AvgIpc) is 3.17. The van der Waals surface area contributed by atoms with Crippen LogP contribution in [0.25, 0.3) is 10.4 Å². The minimum Gasteiger partial charge on any atom is -0.483 e.